The van der Waals surface area contributed by atoms with Gasteiger partial charge in [-0.05, 0) is 36.2 Å². The van der Waals surface area contributed by atoms with Gasteiger partial charge in [0.25, 0.3) is 0 Å². The Kier molecular flexibility index (Phi) is 3.67. The molecule has 1 atom stereocenters. The lowest BCUT2D eigenvalue weighted by Crippen LogP contribution is -2.15. The summed E-state index contributed by atoms with van der Waals surface area (Å²) in [6.45, 7) is 0. The predicted octanol–water partition coefficient (Wildman–Crippen LogP) is 2.63. The molecule has 1 heterocycles. The summed E-state index contributed by atoms with van der Waals surface area (Å²) in [5.41, 5.74) is 1.13. The molecule has 0 radical (unpaired) electrons. The van der Waals surface area contributed by atoms with Crippen LogP contribution in [0.2, 0.25) is 0 Å². The van der Waals surface area contributed by atoms with E-state index in [1.807, 2.05) is 0 Å². The van der Waals surface area contributed by atoms with E-state index >= 15 is 0 Å². The van der Waals surface area contributed by atoms with Gasteiger partial charge in [-0.15, -0.1) is 0 Å². The molecule has 18 heavy (non-hydrogen) atoms. The molecule has 1 N–H and O–H groups in total. The Morgan fingerprint density at radius 1 is 1.28 bits per heavy atom. The molecule has 92 valence electrons. The topological polar surface area (TPSA) is 50.2 Å². The van der Waals surface area contributed by atoms with Crippen molar-refractivity contribution in [3.63, 3.8) is 0 Å². The van der Waals surface area contributed by atoms with E-state index in [1.54, 1.807) is 36.5 Å². The van der Waals surface area contributed by atoms with Crippen molar-refractivity contribution in [2.75, 3.05) is 0 Å². The Morgan fingerprint density at radius 3 is 2.72 bits per heavy atom. The van der Waals surface area contributed by atoms with Crippen molar-refractivity contribution >= 4 is 5.97 Å². The summed E-state index contributed by atoms with van der Waals surface area (Å²) in [7, 11) is 0. The standard InChI is InChI=1S/C14H12FNO2/c15-11-5-3-4-10(8-11)9-12(14(17)18)13-6-1-2-7-16-13/h1-8,12H,9H2,(H,17,18). The molecule has 0 saturated heterocycles. The van der Waals surface area contributed by atoms with E-state index in [2.05, 4.69) is 4.98 Å². The van der Waals surface area contributed by atoms with Crippen LogP contribution in [0.4, 0.5) is 4.39 Å². The normalized spacial score (nSPS) is 12.1. The van der Waals surface area contributed by atoms with Crippen LogP contribution < -0.4 is 0 Å². The van der Waals surface area contributed by atoms with Crippen LogP contribution in [0, 0.1) is 5.82 Å². The van der Waals surface area contributed by atoms with Crippen molar-refractivity contribution in [3.05, 3.63) is 65.7 Å². The zero-order chi connectivity index (χ0) is 13.0. The monoisotopic (exact) mass is 245 g/mol. The molecule has 2 rings (SSSR count). The Labute approximate surface area is 104 Å². The number of carboxylic acids is 1. The number of rotatable bonds is 4. The largest absolute Gasteiger partial charge is 0.481 e. The first-order valence-corrected chi connectivity index (χ1v) is 5.55. The zero-order valence-corrected chi connectivity index (χ0v) is 9.58. The Bertz CT molecular complexity index is 543. The van der Waals surface area contributed by atoms with Gasteiger partial charge in [-0.2, -0.15) is 0 Å². The highest BCUT2D eigenvalue weighted by Gasteiger charge is 2.21. The number of aliphatic carboxylic acids is 1. The Hall–Kier alpha value is -2.23. The van der Waals surface area contributed by atoms with Crippen molar-refractivity contribution in [1.29, 1.82) is 0 Å². The van der Waals surface area contributed by atoms with Gasteiger partial charge in [-0.25, -0.2) is 4.39 Å². The van der Waals surface area contributed by atoms with Crippen LogP contribution in [0.5, 0.6) is 0 Å². The van der Waals surface area contributed by atoms with Crippen LogP contribution in [-0.2, 0) is 11.2 Å². The third-order valence-electron chi connectivity index (χ3n) is 2.67. The number of hydrogen-bond acceptors (Lipinski definition) is 2. The van der Waals surface area contributed by atoms with Gasteiger partial charge in [0, 0.05) is 6.20 Å². The summed E-state index contributed by atoms with van der Waals surface area (Å²) in [5.74, 6) is -2.08. The molecule has 1 aromatic heterocycles. The van der Waals surface area contributed by atoms with E-state index in [0.29, 0.717) is 11.3 Å². The van der Waals surface area contributed by atoms with Crippen molar-refractivity contribution in [3.8, 4) is 0 Å². The van der Waals surface area contributed by atoms with E-state index in [-0.39, 0.29) is 12.2 Å². The summed E-state index contributed by atoms with van der Waals surface area (Å²) in [6, 6.07) is 11.1. The third-order valence-corrected chi connectivity index (χ3v) is 2.67. The maximum absolute atomic E-state index is 13.1. The Balaban J connectivity index is 2.25. The van der Waals surface area contributed by atoms with Crippen molar-refractivity contribution in [2.45, 2.75) is 12.3 Å². The molecule has 0 spiro atoms. The molecule has 4 heteroatoms. The smallest absolute Gasteiger partial charge is 0.312 e. The lowest BCUT2D eigenvalue weighted by molar-refractivity contribution is -0.138. The van der Waals surface area contributed by atoms with Crippen LogP contribution in [-0.4, -0.2) is 16.1 Å². The molecule has 0 aliphatic carbocycles. The average molecular weight is 245 g/mol. The number of carbonyl (C=O) groups is 1. The van der Waals surface area contributed by atoms with E-state index in [4.69, 9.17) is 0 Å². The number of nitrogens with zero attached hydrogens (tertiary/aromatic N) is 1. The molecule has 0 fully saturated rings. The van der Waals surface area contributed by atoms with E-state index in [0.717, 1.165) is 0 Å². The van der Waals surface area contributed by atoms with Gasteiger partial charge in [0.15, 0.2) is 0 Å². The minimum Gasteiger partial charge on any atom is -0.481 e. The molecule has 1 aromatic carbocycles. The molecule has 1 unspecified atom stereocenters. The van der Waals surface area contributed by atoms with E-state index < -0.39 is 11.9 Å². The number of halogens is 1. The molecule has 0 aliphatic rings. The minimum atomic E-state index is -0.960. The zero-order valence-electron chi connectivity index (χ0n) is 9.58. The third kappa shape index (κ3) is 2.91. The fraction of sp³-hybridized carbons (Fsp3) is 0.143. The van der Waals surface area contributed by atoms with Gasteiger partial charge in [0.2, 0.25) is 0 Å². The summed E-state index contributed by atoms with van der Waals surface area (Å²) in [6.07, 6.45) is 1.78. The SMILES string of the molecule is O=C(O)C(Cc1cccc(F)c1)c1ccccn1. The number of hydrogen-bond donors (Lipinski definition) is 1. The minimum absolute atomic E-state index is 0.226. The second-order valence-electron chi connectivity index (χ2n) is 3.98. The fourth-order valence-corrected chi connectivity index (χ4v) is 1.80. The highest BCUT2D eigenvalue weighted by atomic mass is 19.1. The van der Waals surface area contributed by atoms with Crippen LogP contribution >= 0.6 is 0 Å². The van der Waals surface area contributed by atoms with Gasteiger partial charge < -0.3 is 5.11 Å². The predicted molar refractivity (Wildman–Crippen MR) is 64.7 cm³/mol. The molecule has 0 bridgehead atoms. The van der Waals surface area contributed by atoms with Gasteiger partial charge in [0.05, 0.1) is 5.69 Å². The Morgan fingerprint density at radius 2 is 2.11 bits per heavy atom. The molecule has 2 aromatic rings. The van der Waals surface area contributed by atoms with E-state index in [1.165, 1.54) is 12.1 Å². The maximum atomic E-state index is 13.1. The van der Waals surface area contributed by atoms with Gasteiger partial charge in [-0.1, -0.05) is 18.2 Å². The van der Waals surface area contributed by atoms with Crippen LogP contribution in [0.3, 0.4) is 0 Å². The van der Waals surface area contributed by atoms with Crippen molar-refractivity contribution in [2.24, 2.45) is 0 Å². The van der Waals surface area contributed by atoms with Crippen LogP contribution in [0.25, 0.3) is 0 Å². The number of benzene rings is 1. The summed E-state index contributed by atoms with van der Waals surface area (Å²) in [4.78, 5) is 15.3. The van der Waals surface area contributed by atoms with Gasteiger partial charge in [-0.3, -0.25) is 9.78 Å². The first-order valence-electron chi connectivity index (χ1n) is 5.55. The first-order chi connectivity index (χ1) is 8.66. The van der Waals surface area contributed by atoms with Gasteiger partial charge in [0.1, 0.15) is 11.7 Å². The van der Waals surface area contributed by atoms with Crippen molar-refractivity contribution < 1.29 is 14.3 Å². The van der Waals surface area contributed by atoms with E-state index in [9.17, 15) is 14.3 Å². The number of carboxylic acid groups (broad SMARTS) is 1. The highest BCUT2D eigenvalue weighted by molar-refractivity contribution is 5.75. The summed E-state index contributed by atoms with van der Waals surface area (Å²) in [5, 5.41) is 9.22. The second-order valence-corrected chi connectivity index (χ2v) is 3.98. The molecule has 0 saturated carbocycles. The molecule has 0 amide bonds. The summed E-state index contributed by atoms with van der Waals surface area (Å²) < 4.78 is 13.1. The molecule has 3 nitrogen and oxygen atoms in total. The fourth-order valence-electron chi connectivity index (χ4n) is 1.80. The summed E-state index contributed by atoms with van der Waals surface area (Å²) >= 11 is 0. The maximum Gasteiger partial charge on any atom is 0.312 e. The molecule has 0 aliphatic heterocycles. The molecular formula is C14H12FNO2. The average Bonchev–Trinajstić information content (AvgIpc) is 2.37. The number of pyridine rings is 1. The van der Waals surface area contributed by atoms with Crippen LogP contribution in [0.1, 0.15) is 17.2 Å². The van der Waals surface area contributed by atoms with Crippen molar-refractivity contribution in [1.82, 2.24) is 4.98 Å². The number of aromatic nitrogens is 1. The quantitative estimate of drug-likeness (QED) is 0.900. The molecular weight excluding hydrogens is 233 g/mol. The first kappa shape index (κ1) is 12.2. The van der Waals surface area contributed by atoms with Crippen LogP contribution in [0.15, 0.2) is 48.7 Å². The lowest BCUT2D eigenvalue weighted by Gasteiger charge is -2.11. The highest BCUT2D eigenvalue weighted by Crippen LogP contribution is 2.19. The second kappa shape index (κ2) is 5.40. The lowest BCUT2D eigenvalue weighted by atomic mass is 9.96. The van der Waals surface area contributed by atoms with Gasteiger partial charge >= 0.3 is 5.97 Å².